The number of phenols is 1. The molecule has 1 saturated carbocycles. The number of piperidine rings is 1. The van der Waals surface area contributed by atoms with Crippen LogP contribution in [-0.2, 0) is 51.2 Å². The number of nitrogens with zero attached hydrogens (tertiary/aromatic N) is 8. The lowest BCUT2D eigenvalue weighted by atomic mass is 9.89. The zero-order valence-corrected chi connectivity index (χ0v) is 43.2. The van der Waals surface area contributed by atoms with Gasteiger partial charge in [-0.3, -0.25) is 19.3 Å². The average Bonchev–Trinajstić information content (AvgIpc) is 4.16. The summed E-state index contributed by atoms with van der Waals surface area (Å²) in [7, 11) is 5.88. The number of aromatic hydroxyl groups is 1. The van der Waals surface area contributed by atoms with Gasteiger partial charge in [0, 0.05) is 99.3 Å². The molecule has 0 spiro atoms. The molecule has 0 unspecified atom stereocenters. The number of benzene rings is 4. The first-order chi connectivity index (χ1) is 35.2. The van der Waals surface area contributed by atoms with E-state index in [-0.39, 0.29) is 35.9 Å². The fraction of sp³-hybridized carbons (Fsp3) is 0.400. The number of carbonyl (C=O) groups is 3. The van der Waals surface area contributed by atoms with Crippen LogP contribution in [0.1, 0.15) is 98.2 Å². The van der Waals surface area contributed by atoms with Crippen LogP contribution in [0.3, 0.4) is 0 Å². The van der Waals surface area contributed by atoms with Gasteiger partial charge < -0.3 is 38.6 Å². The van der Waals surface area contributed by atoms with E-state index in [1.807, 2.05) is 72.8 Å². The van der Waals surface area contributed by atoms with Crippen molar-refractivity contribution in [2.45, 2.75) is 90.9 Å². The number of hydrogen-bond donors (Lipinski definition) is 1. The summed E-state index contributed by atoms with van der Waals surface area (Å²) in [6.45, 7) is 11.8. The lowest BCUT2D eigenvalue weighted by Crippen LogP contribution is -2.51. The Balaban J connectivity index is 0.999. The van der Waals surface area contributed by atoms with Gasteiger partial charge in [0.25, 0.3) is 11.8 Å². The molecule has 1 aliphatic carbocycles. The Bertz CT molecular complexity index is 3090. The van der Waals surface area contributed by atoms with E-state index in [2.05, 4.69) is 59.0 Å². The van der Waals surface area contributed by atoms with E-state index in [1.165, 1.54) is 24.8 Å². The van der Waals surface area contributed by atoms with Crippen LogP contribution in [-0.4, -0.2) is 110 Å². The largest absolute Gasteiger partial charge is 0.508 e. The number of fused-ring (bicyclic) bond motifs is 2. The summed E-state index contributed by atoms with van der Waals surface area (Å²) in [4.78, 5) is 55.7. The minimum Gasteiger partial charge on any atom is -0.508 e. The molecule has 2 aromatic heterocycles. The summed E-state index contributed by atoms with van der Waals surface area (Å²) < 4.78 is 9.80. The monoisotopic (exact) mass is 981 g/mol. The topological polar surface area (TPSA) is 131 Å². The molecule has 13 heteroatoms. The number of amides is 3. The van der Waals surface area contributed by atoms with Crippen LogP contribution in [0.4, 0.5) is 11.4 Å². The Morgan fingerprint density at radius 3 is 2.29 bits per heavy atom. The number of likely N-dealkylation sites (tertiary alicyclic amines) is 1. The molecule has 10 rings (SSSR count). The van der Waals surface area contributed by atoms with Crippen molar-refractivity contribution in [1.29, 1.82) is 5.26 Å². The first-order valence-corrected chi connectivity index (χ1v) is 26.1. The Kier molecular flexibility index (Phi) is 14.1. The molecule has 4 aliphatic rings. The maximum absolute atomic E-state index is 15.8. The lowest BCUT2D eigenvalue weighted by Gasteiger charge is -2.41. The normalized spacial score (nSPS) is 17.8. The first kappa shape index (κ1) is 49.4. The number of ether oxygens (including phenoxy) is 1. The summed E-state index contributed by atoms with van der Waals surface area (Å²) in [5, 5.41) is 20.3. The highest BCUT2D eigenvalue weighted by atomic mass is 16.5. The molecule has 5 heterocycles. The van der Waals surface area contributed by atoms with Crippen molar-refractivity contribution in [2.75, 3.05) is 51.3 Å². The Morgan fingerprint density at radius 1 is 0.822 bits per heavy atom. The van der Waals surface area contributed by atoms with Crippen LogP contribution >= 0.6 is 0 Å². The summed E-state index contributed by atoms with van der Waals surface area (Å²) in [5.41, 5.74) is 10.7. The molecule has 13 nitrogen and oxygen atoms in total. The van der Waals surface area contributed by atoms with E-state index < -0.39 is 0 Å². The Hall–Kier alpha value is -7.14. The minimum absolute atomic E-state index is 0.0285. The summed E-state index contributed by atoms with van der Waals surface area (Å²) in [5.74, 6) is 1.10. The first-order valence-electron chi connectivity index (χ1n) is 26.1. The van der Waals surface area contributed by atoms with Crippen molar-refractivity contribution in [3.8, 4) is 28.8 Å². The number of likely N-dealkylation sites (N-methyl/N-ethyl adjacent to an activating group) is 1. The van der Waals surface area contributed by atoms with Gasteiger partial charge in [0.15, 0.2) is 0 Å². The molecule has 3 aliphatic heterocycles. The molecule has 378 valence electrons. The highest BCUT2D eigenvalue weighted by Crippen LogP contribution is 2.39. The van der Waals surface area contributed by atoms with Gasteiger partial charge in [0.1, 0.15) is 29.9 Å². The van der Waals surface area contributed by atoms with Crippen LogP contribution < -0.4 is 9.64 Å². The zero-order valence-electron chi connectivity index (χ0n) is 43.2. The van der Waals surface area contributed by atoms with E-state index in [4.69, 9.17) is 4.74 Å². The van der Waals surface area contributed by atoms with Crippen LogP contribution in [0.25, 0.3) is 11.3 Å². The molecule has 6 aromatic rings. The summed E-state index contributed by atoms with van der Waals surface area (Å²) >= 11 is 0. The molecule has 1 saturated heterocycles. The molecule has 0 radical (unpaired) electrons. The number of carbonyl (C=O) groups excluding carboxylic acids is 3. The van der Waals surface area contributed by atoms with Gasteiger partial charge in [-0.1, -0.05) is 43.3 Å². The third-order valence-electron chi connectivity index (χ3n) is 16.1. The van der Waals surface area contributed by atoms with Gasteiger partial charge in [-0.2, -0.15) is 5.26 Å². The Morgan fingerprint density at radius 2 is 1.58 bits per heavy atom. The maximum Gasteiger partial charge on any atom is 0.264 e. The second kappa shape index (κ2) is 20.8. The molecule has 2 fully saturated rings. The quantitative estimate of drug-likeness (QED) is 0.115. The van der Waals surface area contributed by atoms with Crippen LogP contribution in [0.2, 0.25) is 0 Å². The number of nitriles is 1. The summed E-state index contributed by atoms with van der Waals surface area (Å²) in [6, 6.07) is 33.4. The number of anilines is 2. The molecule has 4 aromatic carbocycles. The third-order valence-corrected chi connectivity index (χ3v) is 16.1. The standard InChI is InChI=1S/C60H68N8O5/c1-39-10-9-24-65(35-39)38-50-29-43-11-7-8-12-45(43)37-67(50)59(71)55-31-46-36-66(58(70)28-42-13-21-52(22-14-42)73-27-26-62(4)47-15-16-47)25-23-44(46)30-54(55)57-33-53(40(2)64(57)6)60(72)68(48-17-19-51(69)20-18-48)56-32-49(34-61)63(5)41(56)3/h7-8,11-14,17-22,30-33,39,47,50,69H,9-10,15-16,23-29,35-38H2,1-6H3/t39-,50-/m0/s1. The van der Waals surface area contributed by atoms with Gasteiger partial charge in [0.2, 0.25) is 5.91 Å². The third kappa shape index (κ3) is 10.3. The average molecular weight is 981 g/mol. The van der Waals surface area contributed by atoms with Gasteiger partial charge in [-0.05, 0) is 160 Å². The Labute approximate surface area is 429 Å². The van der Waals surface area contributed by atoms with Crippen molar-refractivity contribution >= 4 is 29.1 Å². The molecule has 73 heavy (non-hydrogen) atoms. The van der Waals surface area contributed by atoms with Crippen LogP contribution in [0.15, 0.2) is 97.1 Å². The molecule has 1 N–H and O–H groups in total. The van der Waals surface area contributed by atoms with Gasteiger partial charge in [-0.25, -0.2) is 0 Å². The lowest BCUT2D eigenvalue weighted by molar-refractivity contribution is -0.131. The van der Waals surface area contributed by atoms with Crippen molar-refractivity contribution < 1.29 is 24.2 Å². The van der Waals surface area contributed by atoms with Gasteiger partial charge in [-0.15, -0.1) is 0 Å². The van der Waals surface area contributed by atoms with E-state index >= 15 is 9.59 Å². The predicted molar refractivity (Wildman–Crippen MR) is 284 cm³/mol. The predicted octanol–water partition coefficient (Wildman–Crippen LogP) is 9.10. The van der Waals surface area contributed by atoms with E-state index in [0.717, 1.165) is 84.0 Å². The maximum atomic E-state index is 15.8. The fourth-order valence-corrected chi connectivity index (χ4v) is 11.4. The number of hydrogen-bond acceptors (Lipinski definition) is 8. The zero-order chi connectivity index (χ0) is 51.1. The minimum atomic E-state index is -0.314. The van der Waals surface area contributed by atoms with Gasteiger partial charge in [0.05, 0.1) is 17.7 Å². The van der Waals surface area contributed by atoms with Gasteiger partial charge >= 0.3 is 0 Å². The molecular formula is C60H68N8O5. The summed E-state index contributed by atoms with van der Waals surface area (Å²) in [6.07, 6.45) is 6.50. The van der Waals surface area contributed by atoms with E-state index in [1.54, 1.807) is 46.8 Å². The highest BCUT2D eigenvalue weighted by Gasteiger charge is 2.36. The molecule has 0 bridgehead atoms. The molecule has 2 atom stereocenters. The SMILES string of the molecule is Cc1c(N(C(=O)c2cc(-c3cc4c(cc3C(=O)N3Cc5ccccc5C[C@H]3CN3CCC[C@H](C)C3)CN(C(=O)Cc3ccc(OCCN(C)C5CC5)cc3)CC4)n(C)c2C)c2ccc(O)cc2)cc(C#N)n1C. The smallest absolute Gasteiger partial charge is 0.264 e. The van der Waals surface area contributed by atoms with Crippen molar-refractivity contribution in [3.63, 3.8) is 0 Å². The highest BCUT2D eigenvalue weighted by molar-refractivity contribution is 6.13. The molecule has 3 amide bonds. The number of rotatable bonds is 14. The van der Waals surface area contributed by atoms with Crippen LogP contribution in [0, 0.1) is 31.1 Å². The van der Waals surface area contributed by atoms with Crippen molar-refractivity contribution in [3.05, 3.63) is 153 Å². The van der Waals surface area contributed by atoms with Crippen molar-refractivity contribution in [2.24, 2.45) is 20.0 Å². The van der Waals surface area contributed by atoms with E-state index in [9.17, 15) is 15.2 Å². The molecular weight excluding hydrogens is 913 g/mol. The second-order valence-corrected chi connectivity index (χ2v) is 21.1. The number of phenolic OH excluding ortho intramolecular Hbond substituents is 1. The van der Waals surface area contributed by atoms with Crippen molar-refractivity contribution in [1.82, 2.24) is 28.7 Å². The second-order valence-electron chi connectivity index (χ2n) is 21.1. The fourth-order valence-electron chi connectivity index (χ4n) is 11.4. The van der Waals surface area contributed by atoms with Crippen LogP contribution in [0.5, 0.6) is 11.5 Å². The number of aromatic nitrogens is 2. The van der Waals surface area contributed by atoms with E-state index in [0.29, 0.717) is 78.5 Å².